The Kier molecular flexibility index (Phi) is 5.70. The second kappa shape index (κ2) is 7.97. The van der Waals surface area contributed by atoms with Gasteiger partial charge in [-0.2, -0.15) is 0 Å². The molecular weight excluding hydrogens is 324 g/mol. The smallest absolute Gasteiger partial charge is 0.374 e. The van der Waals surface area contributed by atoms with Crippen LogP contribution in [0.3, 0.4) is 0 Å². The van der Waals surface area contributed by atoms with Crippen LogP contribution in [0.2, 0.25) is 0 Å². The molecule has 3 rings (SSSR count). The van der Waals surface area contributed by atoms with Crippen molar-refractivity contribution in [1.29, 1.82) is 0 Å². The number of carboxylic acid groups (broad SMARTS) is 1. The van der Waals surface area contributed by atoms with Crippen LogP contribution in [0, 0.1) is 11.8 Å². The molecule has 1 amide bonds. The third-order valence-electron chi connectivity index (χ3n) is 5.30. The number of aromatic nitrogens is 1. The largest absolute Gasteiger partial charge is 0.475 e. The molecule has 1 aromatic rings. The zero-order chi connectivity index (χ0) is 17.8. The second-order valence-corrected chi connectivity index (χ2v) is 7.09. The standard InChI is InChI=1S/C17H26N4O4/c1-20-4-6-21(7-5-20)16(22)9-12-2-3-18-11-13(12)8-14-10-15(17(23)24)25-19-14/h10,12-13,18H,2-9,11H2,1H3,(H,23,24). The number of hydrogen-bond donors (Lipinski definition) is 2. The summed E-state index contributed by atoms with van der Waals surface area (Å²) in [4.78, 5) is 27.8. The zero-order valence-electron chi connectivity index (χ0n) is 14.6. The fourth-order valence-electron chi connectivity index (χ4n) is 3.67. The molecule has 2 aliphatic heterocycles. The maximum atomic E-state index is 12.6. The summed E-state index contributed by atoms with van der Waals surface area (Å²) in [5, 5.41) is 16.2. The number of aromatic carboxylic acids is 1. The number of piperidine rings is 1. The highest BCUT2D eigenvalue weighted by Gasteiger charge is 2.30. The van der Waals surface area contributed by atoms with Crippen LogP contribution in [0.4, 0.5) is 0 Å². The summed E-state index contributed by atoms with van der Waals surface area (Å²) >= 11 is 0. The zero-order valence-corrected chi connectivity index (χ0v) is 14.6. The van der Waals surface area contributed by atoms with E-state index in [1.165, 1.54) is 6.07 Å². The van der Waals surface area contributed by atoms with Crippen LogP contribution >= 0.6 is 0 Å². The molecule has 8 heteroatoms. The van der Waals surface area contributed by atoms with Crippen molar-refractivity contribution in [3.8, 4) is 0 Å². The first kappa shape index (κ1) is 17.9. The van der Waals surface area contributed by atoms with E-state index in [0.29, 0.717) is 24.5 Å². The maximum absolute atomic E-state index is 12.6. The van der Waals surface area contributed by atoms with Gasteiger partial charge in [-0.25, -0.2) is 4.79 Å². The van der Waals surface area contributed by atoms with Gasteiger partial charge in [-0.15, -0.1) is 0 Å². The topological polar surface area (TPSA) is 98.9 Å². The number of nitrogens with one attached hydrogen (secondary N) is 1. The van der Waals surface area contributed by atoms with E-state index in [1.807, 2.05) is 4.90 Å². The van der Waals surface area contributed by atoms with Gasteiger partial charge in [-0.05, 0) is 44.8 Å². The van der Waals surface area contributed by atoms with E-state index in [4.69, 9.17) is 9.63 Å². The van der Waals surface area contributed by atoms with Gasteiger partial charge in [0, 0.05) is 38.7 Å². The number of piperazine rings is 1. The van der Waals surface area contributed by atoms with Gasteiger partial charge in [0.05, 0.1) is 5.69 Å². The van der Waals surface area contributed by atoms with Gasteiger partial charge < -0.3 is 24.7 Å². The molecule has 2 N–H and O–H groups in total. The van der Waals surface area contributed by atoms with E-state index >= 15 is 0 Å². The van der Waals surface area contributed by atoms with Crippen LogP contribution < -0.4 is 5.32 Å². The number of nitrogens with zero attached hydrogens (tertiary/aromatic N) is 3. The molecule has 2 unspecified atom stereocenters. The normalized spacial score (nSPS) is 25.1. The van der Waals surface area contributed by atoms with E-state index in [9.17, 15) is 9.59 Å². The Morgan fingerprint density at radius 2 is 2.08 bits per heavy atom. The van der Waals surface area contributed by atoms with Gasteiger partial charge in [0.2, 0.25) is 11.7 Å². The van der Waals surface area contributed by atoms with E-state index in [1.54, 1.807) is 0 Å². The number of hydrogen-bond acceptors (Lipinski definition) is 6. The average Bonchev–Trinajstić information content (AvgIpc) is 3.06. The minimum absolute atomic E-state index is 0.135. The second-order valence-electron chi connectivity index (χ2n) is 7.09. The molecule has 0 radical (unpaired) electrons. The van der Waals surface area contributed by atoms with Crippen molar-refractivity contribution in [2.45, 2.75) is 19.3 Å². The van der Waals surface area contributed by atoms with Gasteiger partial charge in [0.15, 0.2) is 0 Å². The monoisotopic (exact) mass is 350 g/mol. The molecular formula is C17H26N4O4. The fourth-order valence-corrected chi connectivity index (χ4v) is 3.67. The lowest BCUT2D eigenvalue weighted by atomic mass is 9.81. The first-order valence-electron chi connectivity index (χ1n) is 8.89. The maximum Gasteiger partial charge on any atom is 0.374 e. The van der Waals surface area contributed by atoms with E-state index in [-0.39, 0.29) is 17.6 Å². The number of amides is 1. The minimum atomic E-state index is -1.11. The third kappa shape index (κ3) is 4.58. The Bertz CT molecular complexity index is 610. The molecule has 25 heavy (non-hydrogen) atoms. The highest BCUT2D eigenvalue weighted by Crippen LogP contribution is 2.27. The summed E-state index contributed by atoms with van der Waals surface area (Å²) < 4.78 is 4.84. The van der Waals surface area contributed by atoms with Crippen molar-refractivity contribution < 1.29 is 19.2 Å². The van der Waals surface area contributed by atoms with Crippen LogP contribution in [-0.2, 0) is 11.2 Å². The summed E-state index contributed by atoms with van der Waals surface area (Å²) in [5.41, 5.74) is 0.642. The Hall–Kier alpha value is -1.93. The molecule has 2 fully saturated rings. The van der Waals surface area contributed by atoms with Crippen LogP contribution in [-0.4, -0.2) is 78.3 Å². The van der Waals surface area contributed by atoms with Crippen molar-refractivity contribution in [2.75, 3.05) is 46.3 Å². The summed E-state index contributed by atoms with van der Waals surface area (Å²) in [6.45, 7) is 5.19. The number of likely N-dealkylation sites (N-methyl/N-ethyl adjacent to an activating group) is 1. The van der Waals surface area contributed by atoms with Gasteiger partial charge in [0.1, 0.15) is 0 Å². The summed E-state index contributed by atoms with van der Waals surface area (Å²) in [6.07, 6.45) is 2.14. The van der Waals surface area contributed by atoms with Crippen LogP contribution in [0.15, 0.2) is 10.6 Å². The lowest BCUT2D eigenvalue weighted by Crippen LogP contribution is -2.48. The number of carboxylic acids is 1. The lowest BCUT2D eigenvalue weighted by molar-refractivity contribution is -0.134. The Morgan fingerprint density at radius 1 is 1.32 bits per heavy atom. The molecule has 2 aliphatic rings. The van der Waals surface area contributed by atoms with Crippen molar-refractivity contribution in [1.82, 2.24) is 20.3 Å². The van der Waals surface area contributed by atoms with Crippen LogP contribution in [0.1, 0.15) is 29.1 Å². The molecule has 3 heterocycles. The predicted octanol–water partition coefficient (Wildman–Crippen LogP) is 0.305. The van der Waals surface area contributed by atoms with Gasteiger partial charge in [0.25, 0.3) is 0 Å². The molecule has 0 saturated carbocycles. The lowest BCUT2D eigenvalue weighted by Gasteiger charge is -2.36. The SMILES string of the molecule is CN1CCN(C(=O)CC2CCNCC2Cc2cc(C(=O)O)on2)CC1. The number of carbonyl (C=O) groups is 2. The van der Waals surface area contributed by atoms with Gasteiger partial charge in [-0.1, -0.05) is 5.16 Å². The molecule has 0 spiro atoms. The van der Waals surface area contributed by atoms with Gasteiger partial charge in [-0.3, -0.25) is 4.79 Å². The van der Waals surface area contributed by atoms with Crippen LogP contribution in [0.5, 0.6) is 0 Å². The van der Waals surface area contributed by atoms with Crippen molar-refractivity contribution in [3.63, 3.8) is 0 Å². The molecule has 0 bridgehead atoms. The predicted molar refractivity (Wildman–Crippen MR) is 90.3 cm³/mol. The number of rotatable bonds is 5. The molecule has 138 valence electrons. The summed E-state index contributed by atoms with van der Waals surface area (Å²) in [5.74, 6) is -0.460. The van der Waals surface area contributed by atoms with Crippen molar-refractivity contribution in [3.05, 3.63) is 17.5 Å². The average molecular weight is 350 g/mol. The summed E-state index contributed by atoms with van der Waals surface area (Å²) in [7, 11) is 2.08. The highest BCUT2D eigenvalue weighted by atomic mass is 16.5. The first-order valence-corrected chi connectivity index (χ1v) is 8.89. The third-order valence-corrected chi connectivity index (χ3v) is 5.30. The number of carbonyl (C=O) groups excluding carboxylic acids is 1. The van der Waals surface area contributed by atoms with Crippen LogP contribution in [0.25, 0.3) is 0 Å². The minimum Gasteiger partial charge on any atom is -0.475 e. The fraction of sp³-hybridized carbons (Fsp3) is 0.706. The Morgan fingerprint density at radius 3 is 2.76 bits per heavy atom. The molecule has 0 aromatic carbocycles. The van der Waals surface area contributed by atoms with Crippen molar-refractivity contribution >= 4 is 11.9 Å². The molecule has 0 aliphatic carbocycles. The molecule has 1 aromatic heterocycles. The quantitative estimate of drug-likeness (QED) is 0.788. The molecule has 2 atom stereocenters. The molecule has 2 saturated heterocycles. The highest BCUT2D eigenvalue weighted by molar-refractivity contribution is 5.84. The Balaban J connectivity index is 1.58. The van der Waals surface area contributed by atoms with E-state index < -0.39 is 5.97 Å². The van der Waals surface area contributed by atoms with Gasteiger partial charge >= 0.3 is 5.97 Å². The first-order chi connectivity index (χ1) is 12.0. The Labute approximate surface area is 147 Å². The van der Waals surface area contributed by atoms with E-state index in [0.717, 1.165) is 45.7 Å². The summed E-state index contributed by atoms with van der Waals surface area (Å²) in [6, 6.07) is 1.48. The van der Waals surface area contributed by atoms with Crippen molar-refractivity contribution in [2.24, 2.45) is 11.8 Å². The molecule has 8 nitrogen and oxygen atoms in total. The van der Waals surface area contributed by atoms with E-state index in [2.05, 4.69) is 22.4 Å².